The van der Waals surface area contributed by atoms with E-state index in [1.165, 1.54) is 5.56 Å². The summed E-state index contributed by atoms with van der Waals surface area (Å²) in [5, 5.41) is 5.92. The molecule has 0 spiro atoms. The number of aromatic nitrogens is 2. The molecule has 1 N–H and O–H groups in total. The molecule has 0 radical (unpaired) electrons. The highest BCUT2D eigenvalue weighted by Crippen LogP contribution is 2.29. The standard InChI is InChI=1S/C21H25N3O2S/c1-3-26-13-5-11-22-20(25)14-24-12-4-6-19(24)21-23-18(15-27-21)17-9-7-16(2)8-10-17/h4,6-10,12,15H,3,5,11,13-14H2,1-2H3,(H,22,25). The number of thiazole rings is 1. The molecule has 0 atom stereocenters. The molecule has 0 unspecified atom stereocenters. The van der Waals surface area contributed by atoms with Crippen molar-refractivity contribution in [1.82, 2.24) is 14.9 Å². The van der Waals surface area contributed by atoms with Crippen molar-refractivity contribution in [3.05, 3.63) is 53.5 Å². The first-order valence-corrected chi connectivity index (χ1v) is 10.1. The number of nitrogens with zero attached hydrogens (tertiary/aromatic N) is 2. The molecule has 1 aromatic carbocycles. The molecule has 6 heteroatoms. The Balaban J connectivity index is 1.63. The van der Waals surface area contributed by atoms with Crippen LogP contribution >= 0.6 is 11.3 Å². The van der Waals surface area contributed by atoms with Gasteiger partial charge >= 0.3 is 0 Å². The lowest BCUT2D eigenvalue weighted by Crippen LogP contribution is -2.29. The zero-order valence-electron chi connectivity index (χ0n) is 15.8. The first kappa shape index (κ1) is 19.3. The summed E-state index contributed by atoms with van der Waals surface area (Å²) in [7, 11) is 0. The lowest BCUT2D eigenvalue weighted by molar-refractivity contribution is -0.121. The number of aryl methyl sites for hydroxylation is 1. The van der Waals surface area contributed by atoms with Crippen LogP contribution in [0.3, 0.4) is 0 Å². The summed E-state index contributed by atoms with van der Waals surface area (Å²) in [5.41, 5.74) is 4.26. The van der Waals surface area contributed by atoms with Gasteiger partial charge in [-0.1, -0.05) is 29.8 Å². The molecule has 0 saturated carbocycles. The van der Waals surface area contributed by atoms with Crippen molar-refractivity contribution in [2.45, 2.75) is 26.8 Å². The Morgan fingerprint density at radius 2 is 2.07 bits per heavy atom. The lowest BCUT2D eigenvalue weighted by Gasteiger charge is -2.08. The van der Waals surface area contributed by atoms with Gasteiger partial charge in [0.05, 0.1) is 11.4 Å². The number of hydrogen-bond donors (Lipinski definition) is 1. The zero-order valence-corrected chi connectivity index (χ0v) is 16.6. The van der Waals surface area contributed by atoms with E-state index < -0.39 is 0 Å². The van der Waals surface area contributed by atoms with Gasteiger partial charge in [-0.15, -0.1) is 11.3 Å². The summed E-state index contributed by atoms with van der Waals surface area (Å²) in [6.45, 7) is 6.34. The summed E-state index contributed by atoms with van der Waals surface area (Å²) < 4.78 is 7.22. The first-order valence-electron chi connectivity index (χ1n) is 9.20. The first-order chi connectivity index (χ1) is 13.2. The molecular formula is C21H25N3O2S. The van der Waals surface area contributed by atoms with Crippen molar-refractivity contribution in [3.8, 4) is 22.0 Å². The molecule has 3 aromatic rings. The maximum atomic E-state index is 12.2. The number of hydrogen-bond acceptors (Lipinski definition) is 4. The topological polar surface area (TPSA) is 56.1 Å². The molecule has 0 aliphatic carbocycles. The van der Waals surface area contributed by atoms with E-state index in [-0.39, 0.29) is 12.5 Å². The molecule has 0 aliphatic heterocycles. The van der Waals surface area contributed by atoms with Crippen LogP contribution in [-0.4, -0.2) is 35.2 Å². The Bertz CT molecular complexity index is 868. The number of carbonyl (C=O) groups is 1. The summed E-state index contributed by atoms with van der Waals surface area (Å²) in [6, 6.07) is 12.3. The molecule has 0 fully saturated rings. The minimum Gasteiger partial charge on any atom is -0.382 e. The van der Waals surface area contributed by atoms with Crippen LogP contribution in [-0.2, 0) is 16.1 Å². The van der Waals surface area contributed by atoms with E-state index in [4.69, 9.17) is 9.72 Å². The molecule has 2 aromatic heterocycles. The van der Waals surface area contributed by atoms with Gasteiger partial charge < -0.3 is 14.6 Å². The van der Waals surface area contributed by atoms with Crippen LogP contribution in [0.5, 0.6) is 0 Å². The Hall–Kier alpha value is -2.44. The third-order valence-corrected chi connectivity index (χ3v) is 5.07. The minimum absolute atomic E-state index is 0.000683. The predicted octanol–water partition coefficient (Wildman–Crippen LogP) is 4.13. The predicted molar refractivity (Wildman–Crippen MR) is 110 cm³/mol. The fraction of sp³-hybridized carbons (Fsp3) is 0.333. The van der Waals surface area contributed by atoms with Crippen LogP contribution in [0.2, 0.25) is 0 Å². The van der Waals surface area contributed by atoms with Crippen molar-refractivity contribution < 1.29 is 9.53 Å². The quantitative estimate of drug-likeness (QED) is 0.565. The Morgan fingerprint density at radius 1 is 1.26 bits per heavy atom. The highest BCUT2D eigenvalue weighted by atomic mass is 32.1. The van der Waals surface area contributed by atoms with Gasteiger partial charge in [-0.25, -0.2) is 4.98 Å². The van der Waals surface area contributed by atoms with E-state index in [2.05, 4.69) is 41.9 Å². The number of amides is 1. The van der Waals surface area contributed by atoms with Crippen LogP contribution < -0.4 is 5.32 Å². The van der Waals surface area contributed by atoms with Crippen LogP contribution in [0.1, 0.15) is 18.9 Å². The van der Waals surface area contributed by atoms with Gasteiger partial charge in [-0.2, -0.15) is 0 Å². The largest absolute Gasteiger partial charge is 0.382 e. The maximum Gasteiger partial charge on any atom is 0.239 e. The zero-order chi connectivity index (χ0) is 19.1. The van der Waals surface area contributed by atoms with E-state index in [0.29, 0.717) is 19.8 Å². The number of ether oxygens (including phenoxy) is 1. The molecular weight excluding hydrogens is 358 g/mol. The lowest BCUT2D eigenvalue weighted by atomic mass is 10.1. The number of nitrogens with one attached hydrogen (secondary N) is 1. The smallest absolute Gasteiger partial charge is 0.239 e. The van der Waals surface area contributed by atoms with Crippen molar-refractivity contribution in [1.29, 1.82) is 0 Å². The molecule has 0 aliphatic rings. The minimum atomic E-state index is -0.000683. The summed E-state index contributed by atoms with van der Waals surface area (Å²) in [5.74, 6) is -0.000683. The number of rotatable bonds is 9. The molecule has 0 bridgehead atoms. The average molecular weight is 384 g/mol. The van der Waals surface area contributed by atoms with E-state index in [1.54, 1.807) is 11.3 Å². The fourth-order valence-electron chi connectivity index (χ4n) is 2.75. The van der Waals surface area contributed by atoms with Gasteiger partial charge in [0.2, 0.25) is 5.91 Å². The van der Waals surface area contributed by atoms with E-state index in [0.717, 1.165) is 28.4 Å². The second-order valence-electron chi connectivity index (χ2n) is 6.33. The summed E-state index contributed by atoms with van der Waals surface area (Å²) in [6.07, 6.45) is 2.74. The van der Waals surface area contributed by atoms with Gasteiger partial charge in [-0.3, -0.25) is 4.79 Å². The van der Waals surface area contributed by atoms with Crippen molar-refractivity contribution >= 4 is 17.2 Å². The van der Waals surface area contributed by atoms with Crippen LogP contribution in [0, 0.1) is 6.92 Å². The number of carbonyl (C=O) groups excluding carboxylic acids is 1. The second-order valence-corrected chi connectivity index (χ2v) is 7.18. The highest BCUT2D eigenvalue weighted by molar-refractivity contribution is 7.13. The Morgan fingerprint density at radius 3 is 2.85 bits per heavy atom. The van der Waals surface area contributed by atoms with Crippen LogP contribution in [0.15, 0.2) is 48.0 Å². The normalized spacial score (nSPS) is 10.9. The van der Waals surface area contributed by atoms with Crippen molar-refractivity contribution in [2.24, 2.45) is 0 Å². The van der Waals surface area contributed by atoms with Gasteiger partial charge in [-0.05, 0) is 32.4 Å². The van der Waals surface area contributed by atoms with E-state index >= 15 is 0 Å². The van der Waals surface area contributed by atoms with Crippen LogP contribution in [0.4, 0.5) is 0 Å². The monoisotopic (exact) mass is 383 g/mol. The Labute approximate surface area is 164 Å². The van der Waals surface area contributed by atoms with E-state index in [1.807, 2.05) is 29.8 Å². The van der Waals surface area contributed by atoms with Crippen LogP contribution in [0.25, 0.3) is 22.0 Å². The number of benzene rings is 1. The molecule has 142 valence electrons. The maximum absolute atomic E-state index is 12.2. The van der Waals surface area contributed by atoms with Crippen molar-refractivity contribution in [3.63, 3.8) is 0 Å². The van der Waals surface area contributed by atoms with Gasteiger partial charge in [0, 0.05) is 36.9 Å². The van der Waals surface area contributed by atoms with Gasteiger partial charge in [0.15, 0.2) is 0 Å². The summed E-state index contributed by atoms with van der Waals surface area (Å²) in [4.78, 5) is 17.0. The Kier molecular flexibility index (Phi) is 6.79. The molecule has 5 nitrogen and oxygen atoms in total. The van der Waals surface area contributed by atoms with Gasteiger partial charge in [0.25, 0.3) is 0 Å². The average Bonchev–Trinajstić information content (AvgIpc) is 3.31. The second kappa shape index (κ2) is 9.48. The summed E-state index contributed by atoms with van der Waals surface area (Å²) >= 11 is 1.59. The third kappa shape index (κ3) is 5.28. The van der Waals surface area contributed by atoms with Gasteiger partial charge in [0.1, 0.15) is 11.6 Å². The van der Waals surface area contributed by atoms with E-state index in [9.17, 15) is 4.79 Å². The fourth-order valence-corrected chi connectivity index (χ4v) is 3.62. The third-order valence-electron chi connectivity index (χ3n) is 4.21. The van der Waals surface area contributed by atoms with Crippen molar-refractivity contribution in [2.75, 3.05) is 19.8 Å². The highest BCUT2D eigenvalue weighted by Gasteiger charge is 2.12. The molecule has 3 rings (SSSR count). The SMILES string of the molecule is CCOCCCNC(=O)Cn1cccc1-c1nc(-c2ccc(C)cc2)cs1. The molecule has 0 saturated heterocycles. The molecule has 2 heterocycles. The molecule has 27 heavy (non-hydrogen) atoms. The molecule has 1 amide bonds.